The second kappa shape index (κ2) is 8.18. The molecule has 1 aliphatic rings. The van der Waals surface area contributed by atoms with Crippen LogP contribution < -0.4 is 9.47 Å². The fourth-order valence-corrected chi connectivity index (χ4v) is 3.65. The molecule has 0 amide bonds. The summed E-state index contributed by atoms with van der Waals surface area (Å²) < 4.78 is 18.0. The zero-order valence-corrected chi connectivity index (χ0v) is 17.6. The first-order valence-corrected chi connectivity index (χ1v) is 9.88. The van der Waals surface area contributed by atoms with Gasteiger partial charge in [-0.1, -0.05) is 12.1 Å². The molecule has 160 valence electrons. The van der Waals surface area contributed by atoms with Gasteiger partial charge in [-0.05, 0) is 62.2 Å². The SMILES string of the molecule is Cc1ccc(C(=O)OCC(=O)c2cc(C)n(Cc3ccc4c(c3)OCO4)c2C)c(O)c1. The third-order valence-electron chi connectivity index (χ3n) is 5.36. The molecule has 0 fully saturated rings. The molecule has 4 rings (SSSR count). The molecule has 1 aromatic heterocycles. The Bertz CT molecular complexity index is 1180. The van der Waals surface area contributed by atoms with Crippen molar-refractivity contribution in [2.45, 2.75) is 27.3 Å². The number of aryl methyl sites for hydroxylation is 2. The number of carbonyl (C=O) groups is 2. The van der Waals surface area contributed by atoms with Crippen LogP contribution in [0.1, 0.15) is 43.2 Å². The van der Waals surface area contributed by atoms with Gasteiger partial charge in [0.05, 0.1) is 0 Å². The van der Waals surface area contributed by atoms with E-state index in [2.05, 4.69) is 0 Å². The Morgan fingerprint density at radius 3 is 2.55 bits per heavy atom. The van der Waals surface area contributed by atoms with Crippen LogP contribution in [0.2, 0.25) is 0 Å². The lowest BCUT2D eigenvalue weighted by Gasteiger charge is -2.11. The summed E-state index contributed by atoms with van der Waals surface area (Å²) in [6.07, 6.45) is 0. The minimum absolute atomic E-state index is 0.0340. The number of rotatable bonds is 6. The van der Waals surface area contributed by atoms with Crippen molar-refractivity contribution >= 4 is 11.8 Å². The predicted octanol–water partition coefficient (Wildman–Crippen LogP) is 3.94. The maximum atomic E-state index is 12.7. The van der Waals surface area contributed by atoms with Crippen molar-refractivity contribution in [3.63, 3.8) is 0 Å². The van der Waals surface area contributed by atoms with Gasteiger partial charge in [-0.3, -0.25) is 4.79 Å². The molecule has 7 heteroatoms. The zero-order valence-electron chi connectivity index (χ0n) is 17.6. The summed E-state index contributed by atoms with van der Waals surface area (Å²) in [4.78, 5) is 25.0. The third kappa shape index (κ3) is 4.12. The number of phenols is 1. The highest BCUT2D eigenvalue weighted by Crippen LogP contribution is 2.33. The summed E-state index contributed by atoms with van der Waals surface area (Å²) in [5.41, 5.74) is 4.08. The summed E-state index contributed by atoms with van der Waals surface area (Å²) >= 11 is 0. The molecular weight excluding hydrogens is 398 g/mol. The first kappa shape index (κ1) is 20.5. The Labute approximate surface area is 179 Å². The van der Waals surface area contributed by atoms with Gasteiger partial charge in [0.1, 0.15) is 11.3 Å². The number of nitrogens with zero attached hydrogens (tertiary/aromatic N) is 1. The second-order valence-electron chi connectivity index (χ2n) is 7.58. The van der Waals surface area contributed by atoms with Gasteiger partial charge < -0.3 is 23.9 Å². The number of hydrogen-bond donors (Lipinski definition) is 1. The monoisotopic (exact) mass is 421 g/mol. The standard InChI is InChI=1S/C24H23NO6/c1-14-4-6-18(20(26)8-14)24(28)29-12-21(27)19-9-15(2)25(16(19)3)11-17-5-7-22-23(10-17)31-13-30-22/h4-10,26H,11-13H2,1-3H3. The summed E-state index contributed by atoms with van der Waals surface area (Å²) in [5.74, 6) is 0.230. The number of Topliss-reactive ketones (excluding diaryl/α,β-unsaturated/α-hetero) is 1. The van der Waals surface area contributed by atoms with Crippen molar-refractivity contribution in [3.05, 3.63) is 76.1 Å². The Morgan fingerprint density at radius 1 is 1.00 bits per heavy atom. The predicted molar refractivity (Wildman–Crippen MR) is 113 cm³/mol. The van der Waals surface area contributed by atoms with E-state index < -0.39 is 12.6 Å². The highest BCUT2D eigenvalue weighted by atomic mass is 16.7. The summed E-state index contributed by atoms with van der Waals surface area (Å²) in [7, 11) is 0. The zero-order chi connectivity index (χ0) is 22.1. The molecule has 0 aliphatic carbocycles. The van der Waals surface area contributed by atoms with E-state index in [1.54, 1.807) is 19.1 Å². The fourth-order valence-electron chi connectivity index (χ4n) is 3.65. The van der Waals surface area contributed by atoms with Crippen molar-refractivity contribution in [1.29, 1.82) is 0 Å². The molecule has 0 saturated carbocycles. The Morgan fingerprint density at radius 2 is 1.77 bits per heavy atom. The average molecular weight is 421 g/mol. The number of aromatic hydroxyl groups is 1. The quantitative estimate of drug-likeness (QED) is 0.479. The van der Waals surface area contributed by atoms with Crippen LogP contribution in [0.25, 0.3) is 0 Å². The van der Waals surface area contributed by atoms with Gasteiger partial charge in [-0.15, -0.1) is 0 Å². The van der Waals surface area contributed by atoms with E-state index in [9.17, 15) is 14.7 Å². The van der Waals surface area contributed by atoms with E-state index in [4.69, 9.17) is 14.2 Å². The highest BCUT2D eigenvalue weighted by molar-refractivity contribution is 6.01. The molecule has 3 aromatic rings. The van der Waals surface area contributed by atoms with Crippen molar-refractivity contribution < 1.29 is 28.9 Å². The van der Waals surface area contributed by atoms with Crippen molar-refractivity contribution in [3.8, 4) is 17.2 Å². The molecule has 0 bridgehead atoms. The van der Waals surface area contributed by atoms with Crippen LogP contribution in [0.3, 0.4) is 0 Å². The topological polar surface area (TPSA) is 87.0 Å². The minimum atomic E-state index is -0.736. The van der Waals surface area contributed by atoms with Crippen LogP contribution in [0.4, 0.5) is 0 Å². The van der Waals surface area contributed by atoms with Gasteiger partial charge in [0.25, 0.3) is 0 Å². The lowest BCUT2D eigenvalue weighted by atomic mass is 10.1. The number of esters is 1. The molecule has 2 aromatic carbocycles. The first-order valence-electron chi connectivity index (χ1n) is 9.88. The number of ketones is 1. The minimum Gasteiger partial charge on any atom is -0.507 e. The van der Waals surface area contributed by atoms with E-state index in [1.807, 2.05) is 36.6 Å². The first-order chi connectivity index (χ1) is 14.8. The Kier molecular flexibility index (Phi) is 5.42. The maximum absolute atomic E-state index is 12.7. The van der Waals surface area contributed by atoms with Gasteiger partial charge in [-0.2, -0.15) is 0 Å². The molecule has 1 aliphatic heterocycles. The van der Waals surface area contributed by atoms with Crippen LogP contribution in [0.5, 0.6) is 17.2 Å². The summed E-state index contributed by atoms with van der Waals surface area (Å²) in [5, 5.41) is 9.92. The fraction of sp³-hybridized carbons (Fsp3) is 0.250. The van der Waals surface area contributed by atoms with Crippen LogP contribution in [-0.2, 0) is 11.3 Å². The summed E-state index contributed by atoms with van der Waals surface area (Å²) in [6, 6.07) is 12.2. The van der Waals surface area contributed by atoms with Gasteiger partial charge >= 0.3 is 5.97 Å². The highest BCUT2D eigenvalue weighted by Gasteiger charge is 2.20. The van der Waals surface area contributed by atoms with E-state index >= 15 is 0 Å². The number of ether oxygens (including phenoxy) is 3. The summed E-state index contributed by atoms with van der Waals surface area (Å²) in [6.45, 7) is 5.98. The molecule has 31 heavy (non-hydrogen) atoms. The molecule has 1 N–H and O–H groups in total. The lowest BCUT2D eigenvalue weighted by Crippen LogP contribution is -2.15. The van der Waals surface area contributed by atoms with Gasteiger partial charge in [0, 0.05) is 23.5 Å². The van der Waals surface area contributed by atoms with E-state index in [0.29, 0.717) is 17.9 Å². The molecule has 0 atom stereocenters. The number of fused-ring (bicyclic) bond motifs is 1. The lowest BCUT2D eigenvalue weighted by molar-refractivity contribution is 0.0471. The van der Waals surface area contributed by atoms with E-state index in [0.717, 1.165) is 28.3 Å². The maximum Gasteiger partial charge on any atom is 0.342 e. The van der Waals surface area contributed by atoms with Crippen molar-refractivity contribution in [2.75, 3.05) is 13.4 Å². The van der Waals surface area contributed by atoms with Crippen molar-refractivity contribution in [2.24, 2.45) is 0 Å². The Hall–Kier alpha value is -3.74. The molecule has 2 heterocycles. The van der Waals surface area contributed by atoms with Crippen LogP contribution >= 0.6 is 0 Å². The molecule has 7 nitrogen and oxygen atoms in total. The number of carbonyl (C=O) groups excluding carboxylic acids is 2. The number of phenolic OH excluding ortho intramolecular Hbond substituents is 1. The van der Waals surface area contributed by atoms with Crippen LogP contribution in [0.15, 0.2) is 42.5 Å². The number of hydrogen-bond acceptors (Lipinski definition) is 6. The number of aromatic nitrogens is 1. The van der Waals surface area contributed by atoms with Crippen molar-refractivity contribution in [1.82, 2.24) is 4.57 Å². The molecule has 0 radical (unpaired) electrons. The number of benzene rings is 2. The van der Waals surface area contributed by atoms with E-state index in [1.165, 1.54) is 12.1 Å². The molecule has 0 spiro atoms. The molecule has 0 unspecified atom stereocenters. The van der Waals surface area contributed by atoms with Gasteiger partial charge in [-0.25, -0.2) is 4.79 Å². The second-order valence-corrected chi connectivity index (χ2v) is 7.58. The van der Waals surface area contributed by atoms with E-state index in [-0.39, 0.29) is 23.9 Å². The van der Waals surface area contributed by atoms with Gasteiger partial charge in [0.15, 0.2) is 18.1 Å². The average Bonchev–Trinajstić information content (AvgIpc) is 3.31. The van der Waals surface area contributed by atoms with Gasteiger partial charge in [0.2, 0.25) is 12.6 Å². The van der Waals surface area contributed by atoms with Crippen LogP contribution in [0, 0.1) is 20.8 Å². The Balaban J connectivity index is 1.46. The third-order valence-corrected chi connectivity index (χ3v) is 5.36. The van der Waals surface area contributed by atoms with Crippen LogP contribution in [-0.4, -0.2) is 34.8 Å². The normalized spacial score (nSPS) is 12.1. The molecule has 0 saturated heterocycles. The molecular formula is C24H23NO6. The largest absolute Gasteiger partial charge is 0.507 e. The smallest absolute Gasteiger partial charge is 0.342 e.